The molecule has 0 aliphatic heterocycles. The van der Waals surface area contributed by atoms with Gasteiger partial charge in [-0.1, -0.05) is 133 Å². The van der Waals surface area contributed by atoms with Crippen molar-refractivity contribution in [3.8, 4) is 11.1 Å². The summed E-state index contributed by atoms with van der Waals surface area (Å²) in [5, 5.41) is 0. The minimum absolute atomic E-state index is 1.13. The maximum absolute atomic E-state index is 2.36. The van der Waals surface area contributed by atoms with Crippen molar-refractivity contribution in [3.05, 3.63) is 204 Å². The zero-order chi connectivity index (χ0) is 32.7. The molecule has 0 atom stereocenters. The monoisotopic (exact) mass is 618 g/mol. The average molecular weight is 619 g/mol. The van der Waals surface area contributed by atoms with E-state index in [9.17, 15) is 0 Å². The Labute approximate surface area is 284 Å². The number of nitrogens with zero attached hydrogens (tertiary/aromatic N) is 2. The highest BCUT2D eigenvalue weighted by Crippen LogP contribution is 2.39. The minimum atomic E-state index is 1.13. The van der Waals surface area contributed by atoms with E-state index >= 15 is 0 Å². The van der Waals surface area contributed by atoms with Gasteiger partial charge in [0.2, 0.25) is 0 Å². The summed E-state index contributed by atoms with van der Waals surface area (Å²) in [6.45, 7) is 4.34. The van der Waals surface area contributed by atoms with Crippen LogP contribution < -0.4 is 9.80 Å². The molecule has 0 fully saturated rings. The quantitative estimate of drug-likeness (QED) is 0.149. The molecule has 48 heavy (non-hydrogen) atoms. The van der Waals surface area contributed by atoms with Crippen LogP contribution in [0.2, 0.25) is 0 Å². The Bertz CT molecular complexity index is 2030. The smallest absolute Gasteiger partial charge is 0.0490 e. The molecule has 7 aromatic rings. The molecule has 0 N–H and O–H groups in total. The maximum atomic E-state index is 2.36. The predicted octanol–water partition coefficient (Wildman–Crippen LogP) is 13.1. The fraction of sp³-hybridized carbons (Fsp3) is 0.0435. The molecular formula is C46H38N2. The third-order valence-electron chi connectivity index (χ3n) is 8.73. The fourth-order valence-electron chi connectivity index (χ4n) is 6.15. The standard InChI is InChI=1S/C46H38N2/c1-35-13-9-11-19-45(35)48(46-20-12-10-14-36(46)2)44-33-29-40(30-34-44)39-27-23-37(24-28-39)21-22-38-25-31-43(32-26-38)47(41-15-5-3-6-16-41)42-17-7-4-8-18-42/h3-34H,1-2H3. The largest absolute Gasteiger partial charge is 0.311 e. The van der Waals surface area contributed by atoms with Gasteiger partial charge in [0.1, 0.15) is 0 Å². The maximum Gasteiger partial charge on any atom is 0.0490 e. The fourth-order valence-corrected chi connectivity index (χ4v) is 6.15. The van der Waals surface area contributed by atoms with Crippen LogP contribution in [0.1, 0.15) is 22.3 Å². The summed E-state index contributed by atoms with van der Waals surface area (Å²) in [6, 6.07) is 64.5. The highest BCUT2D eigenvalue weighted by Gasteiger charge is 2.16. The first-order valence-electron chi connectivity index (χ1n) is 16.4. The Morgan fingerprint density at radius 2 is 0.646 bits per heavy atom. The highest BCUT2D eigenvalue weighted by atomic mass is 15.1. The molecule has 0 bridgehead atoms. The second-order valence-corrected chi connectivity index (χ2v) is 12.0. The molecule has 2 heteroatoms. The molecule has 0 spiro atoms. The molecule has 0 saturated carbocycles. The third-order valence-corrected chi connectivity index (χ3v) is 8.73. The zero-order valence-electron chi connectivity index (χ0n) is 27.4. The molecule has 0 unspecified atom stereocenters. The van der Waals surface area contributed by atoms with Crippen LogP contribution in [0.15, 0.2) is 182 Å². The molecule has 0 radical (unpaired) electrons. The lowest BCUT2D eigenvalue weighted by Gasteiger charge is -2.28. The number of hydrogen-bond donors (Lipinski definition) is 0. The van der Waals surface area contributed by atoms with Gasteiger partial charge in [0, 0.05) is 34.1 Å². The van der Waals surface area contributed by atoms with Crippen LogP contribution in [0.25, 0.3) is 23.3 Å². The van der Waals surface area contributed by atoms with Crippen LogP contribution in [-0.4, -0.2) is 0 Å². The van der Waals surface area contributed by atoms with E-state index in [4.69, 9.17) is 0 Å². The number of hydrogen-bond acceptors (Lipinski definition) is 2. The van der Waals surface area contributed by atoms with Gasteiger partial charge in [0.05, 0.1) is 0 Å². The van der Waals surface area contributed by atoms with Crippen LogP contribution >= 0.6 is 0 Å². The van der Waals surface area contributed by atoms with Gasteiger partial charge in [-0.2, -0.15) is 0 Å². The molecule has 0 amide bonds. The van der Waals surface area contributed by atoms with Crippen molar-refractivity contribution in [2.45, 2.75) is 13.8 Å². The van der Waals surface area contributed by atoms with Crippen molar-refractivity contribution in [3.63, 3.8) is 0 Å². The second-order valence-electron chi connectivity index (χ2n) is 12.0. The van der Waals surface area contributed by atoms with E-state index in [1.807, 2.05) is 0 Å². The van der Waals surface area contributed by atoms with Gasteiger partial charge in [-0.25, -0.2) is 0 Å². The van der Waals surface area contributed by atoms with Crippen LogP contribution in [0.4, 0.5) is 34.1 Å². The molecule has 0 aliphatic rings. The van der Waals surface area contributed by atoms with E-state index < -0.39 is 0 Å². The van der Waals surface area contributed by atoms with Crippen LogP contribution in [0, 0.1) is 13.8 Å². The van der Waals surface area contributed by atoms with Gasteiger partial charge in [-0.15, -0.1) is 0 Å². The van der Waals surface area contributed by atoms with Crippen LogP contribution in [0.3, 0.4) is 0 Å². The molecule has 0 aliphatic carbocycles. The van der Waals surface area contributed by atoms with Gasteiger partial charge in [0.15, 0.2) is 0 Å². The predicted molar refractivity (Wildman–Crippen MR) is 206 cm³/mol. The number of anilines is 6. The topological polar surface area (TPSA) is 6.48 Å². The summed E-state index contributed by atoms with van der Waals surface area (Å²) >= 11 is 0. The molecule has 0 saturated heterocycles. The highest BCUT2D eigenvalue weighted by molar-refractivity contribution is 5.82. The normalized spacial score (nSPS) is 11.0. The summed E-state index contributed by atoms with van der Waals surface area (Å²) in [5.74, 6) is 0. The molecule has 7 aromatic carbocycles. The van der Waals surface area contributed by atoms with Gasteiger partial charge in [-0.05, 0) is 108 Å². The first-order valence-corrected chi connectivity index (χ1v) is 16.4. The van der Waals surface area contributed by atoms with Crippen molar-refractivity contribution in [1.82, 2.24) is 0 Å². The Kier molecular flexibility index (Phi) is 8.97. The first kappa shape index (κ1) is 30.5. The Balaban J connectivity index is 1.08. The zero-order valence-corrected chi connectivity index (χ0v) is 27.4. The molecule has 232 valence electrons. The molecule has 0 heterocycles. The molecule has 2 nitrogen and oxygen atoms in total. The van der Waals surface area contributed by atoms with Gasteiger partial charge in [0.25, 0.3) is 0 Å². The number of rotatable bonds is 9. The van der Waals surface area contributed by atoms with E-state index in [0.29, 0.717) is 0 Å². The van der Waals surface area contributed by atoms with Crippen LogP contribution in [-0.2, 0) is 0 Å². The van der Waals surface area contributed by atoms with Crippen LogP contribution in [0.5, 0.6) is 0 Å². The van der Waals surface area contributed by atoms with Gasteiger partial charge >= 0.3 is 0 Å². The number of aryl methyl sites for hydroxylation is 2. The third kappa shape index (κ3) is 6.70. The Hall–Kier alpha value is -6.12. The lowest BCUT2D eigenvalue weighted by atomic mass is 10.0. The molecule has 0 aromatic heterocycles. The second kappa shape index (κ2) is 14.1. The lowest BCUT2D eigenvalue weighted by molar-refractivity contribution is 1.23. The van der Waals surface area contributed by atoms with E-state index in [0.717, 1.165) is 28.3 Å². The van der Waals surface area contributed by atoms with Crippen molar-refractivity contribution in [2.24, 2.45) is 0 Å². The summed E-state index contributed by atoms with van der Waals surface area (Å²) in [5.41, 5.74) is 14.1. The van der Waals surface area contributed by atoms with Gasteiger partial charge < -0.3 is 9.80 Å². The SMILES string of the molecule is Cc1ccccc1N(c1ccc(-c2ccc(C=Cc3ccc(N(c4ccccc4)c4ccccc4)cc3)cc2)cc1)c1ccccc1C. The van der Waals surface area contributed by atoms with E-state index in [-0.39, 0.29) is 0 Å². The summed E-state index contributed by atoms with van der Waals surface area (Å²) in [4.78, 5) is 4.64. The molecular weight excluding hydrogens is 581 g/mol. The molecule has 7 rings (SSSR count). The van der Waals surface area contributed by atoms with Gasteiger partial charge in [-0.3, -0.25) is 0 Å². The summed E-state index contributed by atoms with van der Waals surface area (Å²) in [6.07, 6.45) is 4.35. The minimum Gasteiger partial charge on any atom is -0.311 e. The van der Waals surface area contributed by atoms with Crippen molar-refractivity contribution >= 4 is 46.3 Å². The van der Waals surface area contributed by atoms with Crippen molar-refractivity contribution < 1.29 is 0 Å². The van der Waals surface area contributed by atoms with Crippen molar-refractivity contribution in [1.29, 1.82) is 0 Å². The number of para-hydroxylation sites is 4. The number of benzene rings is 7. The van der Waals surface area contributed by atoms with E-state index in [2.05, 4.69) is 218 Å². The van der Waals surface area contributed by atoms with Crippen molar-refractivity contribution in [2.75, 3.05) is 9.80 Å². The van der Waals surface area contributed by atoms with E-state index in [1.54, 1.807) is 0 Å². The summed E-state index contributed by atoms with van der Waals surface area (Å²) in [7, 11) is 0. The Morgan fingerprint density at radius 3 is 1.10 bits per heavy atom. The summed E-state index contributed by atoms with van der Waals surface area (Å²) < 4.78 is 0. The lowest BCUT2D eigenvalue weighted by Crippen LogP contribution is -2.12. The average Bonchev–Trinajstić information content (AvgIpc) is 3.14. The Morgan fingerprint density at radius 1 is 0.312 bits per heavy atom. The van der Waals surface area contributed by atoms with E-state index in [1.165, 1.54) is 39.2 Å². The first-order chi connectivity index (χ1) is 23.6.